The van der Waals surface area contributed by atoms with Crippen molar-refractivity contribution in [3.63, 3.8) is 0 Å². The smallest absolute Gasteiger partial charge is 0.330 e. The van der Waals surface area contributed by atoms with Crippen molar-refractivity contribution in [2.24, 2.45) is 0 Å². The van der Waals surface area contributed by atoms with Gasteiger partial charge in [-0.05, 0) is 13.3 Å². The summed E-state index contributed by atoms with van der Waals surface area (Å²) in [5.41, 5.74) is 0. The fraction of sp³-hybridized carbons (Fsp3) is 0.824. The highest BCUT2D eigenvalue weighted by Gasteiger charge is 2.03. The van der Waals surface area contributed by atoms with Crippen LogP contribution >= 0.6 is 0 Å². The van der Waals surface area contributed by atoms with E-state index in [0.717, 1.165) is 6.42 Å². The molecule has 0 heterocycles. The maximum Gasteiger partial charge on any atom is 0.330 e. The van der Waals surface area contributed by atoms with Gasteiger partial charge in [-0.15, -0.1) is 0 Å². The van der Waals surface area contributed by atoms with Gasteiger partial charge in [-0.25, -0.2) is 4.79 Å². The number of hydrogen-bond donors (Lipinski definition) is 0. The van der Waals surface area contributed by atoms with Gasteiger partial charge in [0.05, 0.1) is 12.7 Å². The number of carbonyl (C=O) groups excluding carboxylic acids is 1. The third-order valence-electron chi connectivity index (χ3n) is 3.36. The van der Waals surface area contributed by atoms with Gasteiger partial charge in [-0.3, -0.25) is 0 Å². The average Bonchev–Trinajstić information content (AvgIpc) is 2.46. The third kappa shape index (κ3) is 13.6. The zero-order chi connectivity index (χ0) is 15.1. The summed E-state index contributed by atoms with van der Waals surface area (Å²) in [6, 6.07) is 0. The largest absolute Gasteiger partial charge is 0.460 e. The van der Waals surface area contributed by atoms with Crippen LogP contribution in [0.5, 0.6) is 0 Å². The molecule has 0 aliphatic rings. The van der Waals surface area contributed by atoms with Gasteiger partial charge in [-0.2, -0.15) is 0 Å². The molecule has 0 fully saturated rings. The minimum Gasteiger partial charge on any atom is -0.460 e. The number of hydrogen-bond acceptors (Lipinski definition) is 3. The van der Waals surface area contributed by atoms with Crippen LogP contribution in [0.15, 0.2) is 12.7 Å². The fourth-order valence-corrected chi connectivity index (χ4v) is 2.10. The molecule has 1 atom stereocenters. The first-order chi connectivity index (χ1) is 9.70. The van der Waals surface area contributed by atoms with Gasteiger partial charge in [0.2, 0.25) is 0 Å². The normalized spacial score (nSPS) is 12.1. The standard InChI is InChI=1S/C17H32O3/c1-4-6-7-8-9-10-11-12-13-16(3)19-14-15-20-17(18)5-2/h5,16H,2,4,6-15H2,1,3H3. The molecule has 0 spiro atoms. The van der Waals surface area contributed by atoms with Gasteiger partial charge in [0.25, 0.3) is 0 Å². The molecule has 0 aromatic heterocycles. The molecule has 3 nitrogen and oxygen atoms in total. The zero-order valence-corrected chi connectivity index (χ0v) is 13.4. The van der Waals surface area contributed by atoms with Gasteiger partial charge in [-0.1, -0.05) is 64.9 Å². The summed E-state index contributed by atoms with van der Waals surface area (Å²) < 4.78 is 10.4. The predicted molar refractivity (Wildman–Crippen MR) is 83.8 cm³/mol. The zero-order valence-electron chi connectivity index (χ0n) is 13.4. The molecule has 0 radical (unpaired) electrons. The van der Waals surface area contributed by atoms with Gasteiger partial charge in [0.15, 0.2) is 0 Å². The quantitative estimate of drug-likeness (QED) is 0.264. The van der Waals surface area contributed by atoms with Crippen LogP contribution in [0.25, 0.3) is 0 Å². The summed E-state index contributed by atoms with van der Waals surface area (Å²) in [7, 11) is 0. The van der Waals surface area contributed by atoms with Crippen molar-refractivity contribution in [1.82, 2.24) is 0 Å². The van der Waals surface area contributed by atoms with Crippen molar-refractivity contribution in [2.45, 2.75) is 77.7 Å². The first kappa shape index (κ1) is 19.2. The Morgan fingerprint density at radius 2 is 1.65 bits per heavy atom. The Bertz CT molecular complexity index is 238. The van der Waals surface area contributed by atoms with E-state index in [0.29, 0.717) is 13.2 Å². The van der Waals surface area contributed by atoms with Crippen molar-refractivity contribution >= 4 is 5.97 Å². The van der Waals surface area contributed by atoms with E-state index in [2.05, 4.69) is 20.4 Å². The molecule has 0 aliphatic heterocycles. The Labute approximate surface area is 124 Å². The summed E-state index contributed by atoms with van der Waals surface area (Å²) in [4.78, 5) is 10.8. The van der Waals surface area contributed by atoms with Gasteiger partial charge in [0.1, 0.15) is 6.61 Å². The van der Waals surface area contributed by atoms with Crippen molar-refractivity contribution < 1.29 is 14.3 Å². The lowest BCUT2D eigenvalue weighted by molar-refractivity contribution is -0.139. The van der Waals surface area contributed by atoms with Crippen molar-refractivity contribution in [3.8, 4) is 0 Å². The SMILES string of the molecule is C=CC(=O)OCCOC(C)CCCCCCCCCC. The Kier molecular flexibility index (Phi) is 14.0. The van der Waals surface area contributed by atoms with Crippen LogP contribution in [0.1, 0.15) is 71.6 Å². The summed E-state index contributed by atoms with van der Waals surface area (Å²) >= 11 is 0. The maximum absolute atomic E-state index is 10.8. The summed E-state index contributed by atoms with van der Waals surface area (Å²) in [5, 5.41) is 0. The minimum absolute atomic E-state index is 0.248. The van der Waals surface area contributed by atoms with E-state index in [9.17, 15) is 4.79 Å². The minimum atomic E-state index is -0.385. The van der Waals surface area contributed by atoms with Crippen LogP contribution in [0.2, 0.25) is 0 Å². The Balaban J connectivity index is 3.22. The molecule has 1 unspecified atom stereocenters. The fourth-order valence-electron chi connectivity index (χ4n) is 2.10. The lowest BCUT2D eigenvalue weighted by atomic mass is 10.1. The Morgan fingerprint density at radius 1 is 1.05 bits per heavy atom. The van der Waals surface area contributed by atoms with E-state index < -0.39 is 0 Å². The van der Waals surface area contributed by atoms with Crippen molar-refractivity contribution in [1.29, 1.82) is 0 Å². The Morgan fingerprint density at radius 3 is 2.25 bits per heavy atom. The molecule has 0 rings (SSSR count). The second-order valence-electron chi connectivity index (χ2n) is 5.32. The van der Waals surface area contributed by atoms with Gasteiger partial charge >= 0.3 is 5.97 Å². The van der Waals surface area contributed by atoms with E-state index in [1.807, 2.05) is 0 Å². The lowest BCUT2D eigenvalue weighted by Crippen LogP contribution is -2.14. The topological polar surface area (TPSA) is 35.5 Å². The average molecular weight is 284 g/mol. The summed E-state index contributed by atoms with van der Waals surface area (Å²) in [5.74, 6) is -0.385. The molecule has 0 amide bonds. The van der Waals surface area contributed by atoms with Crippen LogP contribution in [0, 0.1) is 0 Å². The molecule has 0 aromatic rings. The number of carbonyl (C=O) groups is 1. The highest BCUT2D eigenvalue weighted by Crippen LogP contribution is 2.11. The number of esters is 1. The van der Waals surface area contributed by atoms with Crippen LogP contribution < -0.4 is 0 Å². The second kappa shape index (κ2) is 14.6. The molecule has 3 heteroatoms. The van der Waals surface area contributed by atoms with E-state index in [-0.39, 0.29) is 12.1 Å². The molecular weight excluding hydrogens is 252 g/mol. The molecule has 20 heavy (non-hydrogen) atoms. The number of unbranched alkanes of at least 4 members (excludes halogenated alkanes) is 7. The lowest BCUT2D eigenvalue weighted by Gasteiger charge is -2.12. The maximum atomic E-state index is 10.8. The third-order valence-corrected chi connectivity index (χ3v) is 3.36. The van der Waals surface area contributed by atoms with E-state index in [1.54, 1.807) is 0 Å². The van der Waals surface area contributed by atoms with E-state index in [4.69, 9.17) is 9.47 Å². The van der Waals surface area contributed by atoms with Crippen LogP contribution in [-0.4, -0.2) is 25.3 Å². The van der Waals surface area contributed by atoms with Crippen molar-refractivity contribution in [3.05, 3.63) is 12.7 Å². The highest BCUT2D eigenvalue weighted by molar-refractivity contribution is 5.81. The van der Waals surface area contributed by atoms with Crippen LogP contribution in [0.3, 0.4) is 0 Å². The van der Waals surface area contributed by atoms with Crippen molar-refractivity contribution in [2.75, 3.05) is 13.2 Å². The molecule has 0 aliphatic carbocycles. The van der Waals surface area contributed by atoms with Gasteiger partial charge in [0, 0.05) is 6.08 Å². The van der Waals surface area contributed by atoms with E-state index >= 15 is 0 Å². The molecule has 0 bridgehead atoms. The second-order valence-corrected chi connectivity index (χ2v) is 5.32. The summed E-state index contributed by atoms with van der Waals surface area (Å²) in [6.45, 7) is 8.45. The number of ether oxygens (including phenoxy) is 2. The first-order valence-corrected chi connectivity index (χ1v) is 8.11. The number of rotatable bonds is 14. The molecule has 0 saturated carbocycles. The first-order valence-electron chi connectivity index (χ1n) is 8.11. The predicted octanol–water partition coefficient (Wildman–Crippen LogP) is 4.65. The van der Waals surface area contributed by atoms with Crippen LogP contribution in [-0.2, 0) is 14.3 Å². The molecule has 0 saturated heterocycles. The summed E-state index contributed by atoms with van der Waals surface area (Å²) in [6.07, 6.45) is 13.2. The highest BCUT2D eigenvalue weighted by atomic mass is 16.6. The molecule has 0 aromatic carbocycles. The molecular formula is C17H32O3. The van der Waals surface area contributed by atoms with Gasteiger partial charge < -0.3 is 9.47 Å². The Hall–Kier alpha value is -0.830. The van der Waals surface area contributed by atoms with Crippen LogP contribution in [0.4, 0.5) is 0 Å². The molecule has 118 valence electrons. The van der Waals surface area contributed by atoms with E-state index in [1.165, 1.54) is 57.4 Å². The molecule has 0 N–H and O–H groups in total. The monoisotopic (exact) mass is 284 g/mol.